The maximum Gasteiger partial charge on any atom is 0.335 e. The molecule has 7 rings (SSSR count). The number of hydrogen-bond acceptors (Lipinski definition) is 36. The minimum Gasteiger partial charge on any atom is -0.479 e. The van der Waals surface area contributed by atoms with Gasteiger partial charge in [-0.3, -0.25) is 0 Å². The van der Waals surface area contributed by atoms with Crippen LogP contribution in [0.4, 0.5) is 0 Å². The highest BCUT2D eigenvalue weighted by atomic mass is 16.8. The van der Waals surface area contributed by atoms with Crippen LogP contribution in [0.5, 0.6) is 0 Å². The van der Waals surface area contributed by atoms with Crippen LogP contribution in [0, 0.1) is 0 Å². The fourth-order valence-corrected chi connectivity index (χ4v) is 9.95. The van der Waals surface area contributed by atoms with E-state index in [1.165, 1.54) is 0 Å². The molecule has 7 aliphatic heterocycles. The molecule has 23 N–H and O–H groups in total. The Morgan fingerprint density at radius 3 is 0.925 bits per heavy atom. The zero-order valence-corrected chi connectivity index (χ0v) is 41.2. The van der Waals surface area contributed by atoms with E-state index in [1.54, 1.807) is 0 Å². The number of carboxylic acids is 2. The molecule has 0 spiro atoms. The van der Waals surface area contributed by atoms with Gasteiger partial charge in [-0.15, -0.1) is 0 Å². The summed E-state index contributed by atoms with van der Waals surface area (Å²) in [4.78, 5) is 23.7. The molecule has 7 saturated heterocycles. The number of rotatable bonds is 19. The van der Waals surface area contributed by atoms with Crippen molar-refractivity contribution in [1.82, 2.24) is 0 Å². The van der Waals surface area contributed by atoms with Gasteiger partial charge in [-0.2, -0.15) is 0 Å². The quantitative estimate of drug-likeness (QED) is 0.0571. The fraction of sp³-hybridized carbons (Fsp3) is 0.952. The number of aliphatic hydroxyl groups excluding tert-OH is 21. The van der Waals surface area contributed by atoms with Crippen LogP contribution in [0.1, 0.15) is 0 Å². The lowest BCUT2D eigenvalue weighted by Crippen LogP contribution is -2.69. The molecule has 0 saturated carbocycles. The molecule has 38 nitrogen and oxygen atoms in total. The van der Waals surface area contributed by atoms with Gasteiger partial charge in [0.15, 0.2) is 56.2 Å². The van der Waals surface area contributed by atoms with Crippen LogP contribution in [-0.2, 0) is 71.2 Å². The Kier molecular flexibility index (Phi) is 22.2. The topological polar surface area (TPSA) is 619 Å². The van der Waals surface area contributed by atoms with Crippen molar-refractivity contribution < 1.29 is 189 Å². The first kappa shape index (κ1) is 65.1. The van der Waals surface area contributed by atoms with Crippen molar-refractivity contribution in [3.8, 4) is 0 Å². The molecular formula is C42H68O38. The van der Waals surface area contributed by atoms with Crippen molar-refractivity contribution in [3.63, 3.8) is 0 Å². The van der Waals surface area contributed by atoms with Crippen LogP contribution in [0.25, 0.3) is 0 Å². The van der Waals surface area contributed by atoms with Gasteiger partial charge in [0.2, 0.25) is 0 Å². The summed E-state index contributed by atoms with van der Waals surface area (Å²) in [5.74, 6) is -3.72. The van der Waals surface area contributed by atoms with E-state index < -0.39 is 260 Å². The van der Waals surface area contributed by atoms with Gasteiger partial charge < -0.3 is 179 Å². The predicted octanol–water partition coefficient (Wildman–Crippen LogP) is -16.1. The summed E-state index contributed by atoms with van der Waals surface area (Å²) >= 11 is 0. The molecule has 464 valence electrons. The van der Waals surface area contributed by atoms with Gasteiger partial charge in [0, 0.05) is 0 Å². The SMILES string of the molecule is O=C(O)[C@H]1O[C@H](O[C@@H]2[C@H](O)[C@H](O[C@H]3[C@H](O)[C@@H](O)[C@@H](O[C@@H]4[C@@H](O)[C@H](O[C@H]5[C@H](O[C@H]6O[C@H](C(=O)O)[C@@H](O)[C@H](O)[C@H]6O)[C@H](O)[C@H](O[C@H]6[C@H](O)[C@@H](O)[C@@H](O)O[C@@H]6CO)O[C@@H]5CO)O[C@H](CO)[C@H]4O)O[C@@H]3CO)O[C@H](CO)[C@H]2O)[C@H](O)[C@@H](O)[C@@H]1O. The molecular weight excluding hydrogens is 1110 g/mol. The molecule has 0 bridgehead atoms. The van der Waals surface area contributed by atoms with Crippen molar-refractivity contribution in [2.45, 2.75) is 215 Å². The molecule has 38 heteroatoms. The summed E-state index contributed by atoms with van der Waals surface area (Å²) in [5, 5.41) is 244. The minimum atomic E-state index is -2.41. The molecule has 0 radical (unpaired) electrons. The average molecular weight is 1180 g/mol. The van der Waals surface area contributed by atoms with E-state index in [-0.39, 0.29) is 0 Å². The van der Waals surface area contributed by atoms with E-state index in [2.05, 4.69) is 0 Å². The number of ether oxygens (including phenoxy) is 13. The first-order chi connectivity index (χ1) is 37.7. The maximum atomic E-state index is 12.0. The summed E-state index contributed by atoms with van der Waals surface area (Å²) in [5.41, 5.74) is 0. The van der Waals surface area contributed by atoms with Gasteiger partial charge in [-0.25, -0.2) is 9.59 Å². The Labute approximate surface area is 448 Å². The monoisotopic (exact) mass is 1180 g/mol. The van der Waals surface area contributed by atoms with Crippen LogP contribution >= 0.6 is 0 Å². The van der Waals surface area contributed by atoms with Gasteiger partial charge in [0.1, 0.15) is 159 Å². The first-order valence-corrected chi connectivity index (χ1v) is 24.6. The largest absolute Gasteiger partial charge is 0.479 e. The summed E-state index contributed by atoms with van der Waals surface area (Å²) in [7, 11) is 0. The molecule has 0 aromatic rings. The molecule has 0 aliphatic carbocycles. The number of carbonyl (C=O) groups is 2. The predicted molar refractivity (Wildman–Crippen MR) is 233 cm³/mol. The normalized spacial score (nSPS) is 52.3. The lowest BCUT2D eigenvalue weighted by molar-refractivity contribution is -0.406. The Morgan fingerprint density at radius 1 is 0.263 bits per heavy atom. The molecule has 0 amide bonds. The molecule has 7 fully saturated rings. The molecule has 0 aromatic carbocycles. The van der Waals surface area contributed by atoms with Crippen LogP contribution in [0.2, 0.25) is 0 Å². The molecule has 80 heavy (non-hydrogen) atoms. The van der Waals surface area contributed by atoms with E-state index in [0.29, 0.717) is 0 Å². The van der Waals surface area contributed by atoms with Crippen LogP contribution in [0.15, 0.2) is 0 Å². The Morgan fingerprint density at radius 2 is 0.537 bits per heavy atom. The summed E-state index contributed by atoms with van der Waals surface area (Å²) < 4.78 is 72.0. The average Bonchev–Trinajstić information content (AvgIpc) is 3.45. The van der Waals surface area contributed by atoms with Gasteiger partial charge in [0.25, 0.3) is 0 Å². The molecule has 7 heterocycles. The van der Waals surface area contributed by atoms with Crippen LogP contribution in [0.3, 0.4) is 0 Å². The second-order valence-electron chi connectivity index (χ2n) is 19.6. The highest BCUT2D eigenvalue weighted by molar-refractivity contribution is 5.73. The second-order valence-corrected chi connectivity index (χ2v) is 19.6. The zero-order valence-electron chi connectivity index (χ0n) is 41.2. The smallest absolute Gasteiger partial charge is 0.335 e. The number of hydrogen-bond donors (Lipinski definition) is 23. The third kappa shape index (κ3) is 13.0. The van der Waals surface area contributed by atoms with Gasteiger partial charge in [-0.05, 0) is 0 Å². The van der Waals surface area contributed by atoms with Crippen LogP contribution in [-0.4, -0.2) is 377 Å². The van der Waals surface area contributed by atoms with E-state index in [1.807, 2.05) is 0 Å². The van der Waals surface area contributed by atoms with E-state index >= 15 is 0 Å². The lowest BCUT2D eigenvalue weighted by Gasteiger charge is -2.51. The van der Waals surface area contributed by atoms with Crippen molar-refractivity contribution >= 4 is 11.9 Å². The van der Waals surface area contributed by atoms with Crippen molar-refractivity contribution in [1.29, 1.82) is 0 Å². The highest BCUT2D eigenvalue weighted by Gasteiger charge is 2.60. The van der Waals surface area contributed by atoms with Gasteiger partial charge in [0.05, 0.1) is 33.0 Å². The van der Waals surface area contributed by atoms with Crippen molar-refractivity contribution in [2.75, 3.05) is 33.0 Å². The van der Waals surface area contributed by atoms with E-state index in [0.717, 1.165) is 0 Å². The summed E-state index contributed by atoms with van der Waals surface area (Å²) in [6.45, 7) is -5.59. The van der Waals surface area contributed by atoms with Crippen molar-refractivity contribution in [2.24, 2.45) is 0 Å². The molecule has 0 aromatic heterocycles. The third-order valence-electron chi connectivity index (χ3n) is 14.5. The van der Waals surface area contributed by atoms with E-state index in [9.17, 15) is 127 Å². The third-order valence-corrected chi connectivity index (χ3v) is 14.5. The summed E-state index contributed by atoms with van der Waals surface area (Å²) in [6, 6.07) is 0. The first-order valence-electron chi connectivity index (χ1n) is 24.6. The number of carboxylic acid groups (broad SMARTS) is 2. The van der Waals surface area contributed by atoms with Gasteiger partial charge in [-0.1, -0.05) is 0 Å². The van der Waals surface area contributed by atoms with E-state index in [4.69, 9.17) is 61.6 Å². The molecule has 0 unspecified atom stereocenters. The molecule has 7 aliphatic rings. The number of aliphatic carboxylic acids is 2. The number of aliphatic hydroxyl groups is 21. The Bertz CT molecular complexity index is 1980. The zero-order chi connectivity index (χ0) is 59.1. The highest BCUT2D eigenvalue weighted by Crippen LogP contribution is 2.38. The Hall–Kier alpha value is -2.42. The lowest BCUT2D eigenvalue weighted by atomic mass is 9.94. The molecule has 35 atom stereocenters. The van der Waals surface area contributed by atoms with Crippen molar-refractivity contribution in [3.05, 3.63) is 0 Å². The van der Waals surface area contributed by atoms with Gasteiger partial charge >= 0.3 is 11.9 Å². The summed E-state index contributed by atoms with van der Waals surface area (Å²) in [6.07, 6.45) is -75.5. The second kappa shape index (κ2) is 27.3. The standard InChI is InChI=1S/C42H68O38/c43-1-6-12(49)30(77-38-20(57)13(50)15(52)32(79-38)34(63)64)23(60)40(69-6)74-27-9(4-46)71-37(22(59)18(27)55)76-29-11(48)7(2-44)70-41(24(29)61)75-28-10(5-47)72-42(73-26-8(3-45)68-36(67)19(56)17(26)54)25(62)31(28)78-39-21(58)14(51)16(53)33(80-39)35(65)66/h6-33,36-62,67H,1-5H2,(H,63,64)(H,65,66)/t6-,7-,8-,9-,10-,11-,12-,13+,14+,15+,16+,17-,18-,19-,20-,21-,22-,23+,24-,25+,26-,27-,28-,29+,30+,31-,32+,33+,36+,37-,38+,39+,40+,41+,42+/m1/s1. The fourth-order valence-electron chi connectivity index (χ4n) is 9.95. The maximum absolute atomic E-state index is 12.0. The Balaban J connectivity index is 1.10. The van der Waals surface area contributed by atoms with Crippen LogP contribution < -0.4 is 0 Å². The minimum absolute atomic E-state index is 1.00.